The van der Waals surface area contributed by atoms with Gasteiger partial charge in [-0.25, -0.2) is 8.42 Å². The van der Waals surface area contributed by atoms with E-state index in [1.165, 1.54) is 0 Å². The summed E-state index contributed by atoms with van der Waals surface area (Å²) in [5.41, 5.74) is 0. The molecule has 1 atom stereocenters. The van der Waals surface area contributed by atoms with Gasteiger partial charge in [0.2, 0.25) is 11.8 Å². The van der Waals surface area contributed by atoms with E-state index in [1.54, 1.807) is 0 Å². The quantitative estimate of drug-likeness (QED) is 0.530. The van der Waals surface area contributed by atoms with Crippen molar-refractivity contribution in [2.24, 2.45) is 0 Å². The molecule has 1 saturated heterocycles. The van der Waals surface area contributed by atoms with Crippen molar-refractivity contribution in [1.82, 2.24) is 5.32 Å². The Morgan fingerprint density at radius 2 is 2.00 bits per heavy atom. The number of carbonyl (C=O) groups is 2. The topological polar surface area (TPSA) is 80.3 Å². The Bertz CT molecular complexity index is 318. The minimum Gasteiger partial charge on any atom is -0.295 e. The van der Waals surface area contributed by atoms with Crippen LogP contribution in [0, 0.1) is 0 Å². The molecular weight excluding hydrogens is 182 g/mol. The molecule has 2 amide bonds. The summed E-state index contributed by atoms with van der Waals surface area (Å²) in [5, 5.41) is 0.933. The molecule has 0 aliphatic carbocycles. The van der Waals surface area contributed by atoms with E-state index in [9.17, 15) is 18.0 Å². The number of rotatable bonds is 1. The molecule has 1 rings (SSSR count). The first-order chi connectivity index (χ1) is 5.41. The first-order valence-electron chi connectivity index (χ1n) is 3.44. The zero-order valence-corrected chi connectivity index (χ0v) is 7.35. The van der Waals surface area contributed by atoms with Crippen molar-refractivity contribution >= 4 is 21.7 Å². The Morgan fingerprint density at radius 1 is 1.42 bits per heavy atom. The van der Waals surface area contributed by atoms with E-state index >= 15 is 0 Å². The third-order valence-corrected chi connectivity index (χ3v) is 3.19. The van der Waals surface area contributed by atoms with E-state index in [0.29, 0.717) is 0 Å². The van der Waals surface area contributed by atoms with Crippen LogP contribution in [-0.2, 0) is 19.4 Å². The third-order valence-electron chi connectivity index (χ3n) is 1.71. The molecule has 1 heterocycles. The van der Waals surface area contributed by atoms with Gasteiger partial charge in [0, 0.05) is 12.7 Å². The van der Waals surface area contributed by atoms with Crippen LogP contribution in [0.5, 0.6) is 0 Å². The Morgan fingerprint density at radius 3 is 2.42 bits per heavy atom. The van der Waals surface area contributed by atoms with Crippen molar-refractivity contribution in [3.63, 3.8) is 0 Å². The fraction of sp³-hybridized carbons (Fsp3) is 0.667. The molecule has 0 saturated carbocycles. The number of hydrogen-bond donors (Lipinski definition) is 1. The SMILES string of the molecule is CS(=O)(=O)C1CCC(=O)NC1=O. The van der Waals surface area contributed by atoms with Crippen LogP contribution in [-0.4, -0.2) is 31.7 Å². The molecule has 0 aromatic rings. The van der Waals surface area contributed by atoms with Crippen LogP contribution < -0.4 is 5.32 Å². The van der Waals surface area contributed by atoms with Gasteiger partial charge in [0.15, 0.2) is 9.84 Å². The van der Waals surface area contributed by atoms with Gasteiger partial charge < -0.3 is 0 Å². The Labute approximate surface area is 70.1 Å². The smallest absolute Gasteiger partial charge is 0.244 e. The second-order valence-electron chi connectivity index (χ2n) is 2.77. The third kappa shape index (κ3) is 1.82. The maximum absolute atomic E-state index is 10.9. The lowest BCUT2D eigenvalue weighted by atomic mass is 10.1. The molecular formula is C6H9NO4S. The lowest BCUT2D eigenvalue weighted by Gasteiger charge is -2.18. The number of carbonyl (C=O) groups excluding carboxylic acids is 2. The molecule has 6 heteroatoms. The lowest BCUT2D eigenvalue weighted by Crippen LogP contribution is -2.47. The highest BCUT2D eigenvalue weighted by Gasteiger charge is 2.33. The summed E-state index contributed by atoms with van der Waals surface area (Å²) in [5.74, 6) is -1.10. The van der Waals surface area contributed by atoms with Crippen LogP contribution >= 0.6 is 0 Å². The van der Waals surface area contributed by atoms with Crippen molar-refractivity contribution in [2.45, 2.75) is 18.1 Å². The minimum atomic E-state index is -3.36. The number of hydrogen-bond acceptors (Lipinski definition) is 4. The van der Waals surface area contributed by atoms with Gasteiger partial charge in [-0.3, -0.25) is 14.9 Å². The summed E-state index contributed by atoms with van der Waals surface area (Å²) in [6.07, 6.45) is 1.19. The molecule has 1 N–H and O–H groups in total. The van der Waals surface area contributed by atoms with E-state index in [2.05, 4.69) is 0 Å². The number of sulfone groups is 1. The van der Waals surface area contributed by atoms with Crippen LogP contribution in [0.15, 0.2) is 0 Å². The predicted octanol–water partition coefficient (Wildman–Crippen LogP) is -1.16. The number of piperidine rings is 1. The molecule has 1 aliphatic heterocycles. The van der Waals surface area contributed by atoms with Crippen LogP contribution in [0.3, 0.4) is 0 Å². The molecule has 1 aliphatic rings. The van der Waals surface area contributed by atoms with Gasteiger partial charge in [0.05, 0.1) is 0 Å². The molecule has 0 aromatic carbocycles. The highest BCUT2D eigenvalue weighted by molar-refractivity contribution is 7.92. The van der Waals surface area contributed by atoms with Crippen molar-refractivity contribution in [3.8, 4) is 0 Å². The minimum absolute atomic E-state index is 0.101. The summed E-state index contributed by atoms with van der Waals surface area (Å²) < 4.78 is 21.9. The molecule has 1 fully saturated rings. The molecule has 0 aromatic heterocycles. The lowest BCUT2D eigenvalue weighted by molar-refractivity contribution is -0.132. The van der Waals surface area contributed by atoms with Crippen molar-refractivity contribution in [2.75, 3.05) is 6.26 Å². The van der Waals surface area contributed by atoms with E-state index in [4.69, 9.17) is 0 Å². The Balaban J connectivity index is 2.83. The number of nitrogens with one attached hydrogen (secondary N) is 1. The molecule has 68 valence electrons. The number of imide groups is 1. The summed E-state index contributed by atoms with van der Waals surface area (Å²) in [7, 11) is -3.36. The van der Waals surface area contributed by atoms with Crippen LogP contribution in [0.1, 0.15) is 12.8 Å². The first kappa shape index (κ1) is 9.18. The highest BCUT2D eigenvalue weighted by atomic mass is 32.2. The maximum Gasteiger partial charge on any atom is 0.244 e. The van der Waals surface area contributed by atoms with Crippen molar-refractivity contribution in [1.29, 1.82) is 0 Å². The largest absolute Gasteiger partial charge is 0.295 e. The van der Waals surface area contributed by atoms with Crippen LogP contribution in [0.25, 0.3) is 0 Å². The summed E-state index contributed by atoms with van der Waals surface area (Å²) in [4.78, 5) is 21.6. The van der Waals surface area contributed by atoms with Crippen molar-refractivity contribution < 1.29 is 18.0 Å². The van der Waals surface area contributed by atoms with Gasteiger partial charge in [-0.15, -0.1) is 0 Å². The normalized spacial score (nSPS) is 25.2. The zero-order valence-electron chi connectivity index (χ0n) is 6.53. The van der Waals surface area contributed by atoms with Gasteiger partial charge in [-0.2, -0.15) is 0 Å². The molecule has 5 nitrogen and oxygen atoms in total. The fourth-order valence-electron chi connectivity index (χ4n) is 1.08. The highest BCUT2D eigenvalue weighted by Crippen LogP contribution is 2.11. The molecule has 12 heavy (non-hydrogen) atoms. The first-order valence-corrected chi connectivity index (χ1v) is 5.39. The monoisotopic (exact) mass is 191 g/mol. The van der Waals surface area contributed by atoms with Crippen molar-refractivity contribution in [3.05, 3.63) is 0 Å². The molecule has 0 radical (unpaired) electrons. The van der Waals surface area contributed by atoms with Gasteiger partial charge in [0.1, 0.15) is 5.25 Å². The zero-order chi connectivity index (χ0) is 9.35. The van der Waals surface area contributed by atoms with E-state index in [0.717, 1.165) is 6.26 Å². The van der Waals surface area contributed by atoms with Gasteiger partial charge in [-0.05, 0) is 6.42 Å². The Hall–Kier alpha value is -0.910. The van der Waals surface area contributed by atoms with Gasteiger partial charge in [0.25, 0.3) is 0 Å². The van der Waals surface area contributed by atoms with E-state index < -0.39 is 26.9 Å². The van der Waals surface area contributed by atoms with Crippen LogP contribution in [0.4, 0.5) is 0 Å². The number of amides is 2. The summed E-state index contributed by atoms with van der Waals surface area (Å²) >= 11 is 0. The molecule has 0 spiro atoms. The molecule has 0 bridgehead atoms. The second kappa shape index (κ2) is 2.85. The van der Waals surface area contributed by atoms with Gasteiger partial charge >= 0.3 is 0 Å². The van der Waals surface area contributed by atoms with Gasteiger partial charge in [-0.1, -0.05) is 0 Å². The molecule has 1 unspecified atom stereocenters. The Kier molecular flexibility index (Phi) is 2.18. The standard InChI is InChI=1S/C6H9NO4S/c1-12(10,11)4-2-3-5(8)7-6(4)9/h4H,2-3H2,1H3,(H,7,8,9). The van der Waals surface area contributed by atoms with Crippen LogP contribution in [0.2, 0.25) is 0 Å². The summed E-state index contributed by atoms with van der Waals surface area (Å²) in [6, 6.07) is 0. The van der Waals surface area contributed by atoms with E-state index in [-0.39, 0.29) is 12.8 Å². The average Bonchev–Trinajstić information content (AvgIpc) is 1.83. The van der Waals surface area contributed by atoms with E-state index in [1.807, 2.05) is 5.32 Å². The maximum atomic E-state index is 10.9. The average molecular weight is 191 g/mol. The summed E-state index contributed by atoms with van der Waals surface area (Å²) in [6.45, 7) is 0. The second-order valence-corrected chi connectivity index (χ2v) is 5.00. The predicted molar refractivity (Wildman–Crippen MR) is 41.0 cm³/mol. The fourth-order valence-corrected chi connectivity index (χ4v) is 2.08.